The van der Waals surface area contributed by atoms with Crippen LogP contribution in [0.2, 0.25) is 0 Å². The molecule has 0 spiro atoms. The molecule has 0 fully saturated rings. The zero-order valence-corrected chi connectivity index (χ0v) is 15.5. The molecule has 0 aromatic heterocycles. The van der Waals surface area contributed by atoms with Gasteiger partial charge >= 0.3 is 0 Å². The number of benzene rings is 2. The maximum absolute atomic E-state index is 11.8. The molecule has 0 bridgehead atoms. The summed E-state index contributed by atoms with van der Waals surface area (Å²) < 4.78 is 1.13. The van der Waals surface area contributed by atoms with Crippen LogP contribution >= 0.6 is 15.9 Å². The van der Waals surface area contributed by atoms with E-state index in [4.69, 9.17) is 4.84 Å². The minimum absolute atomic E-state index is 0.178. The number of rotatable bonds is 5. The standard InChI is InChI=1S/C18H21BrN2O2/c1-12-14(3)18(19)15(4)13(2)17(12)11-23-20-21(22)10-16-8-6-5-7-9-16/h5-9H,10-11H2,1-4H3/b21-20-. The smallest absolute Gasteiger partial charge is 0.209 e. The molecule has 0 radical (unpaired) electrons. The molecule has 0 N–H and O–H groups in total. The summed E-state index contributed by atoms with van der Waals surface area (Å²) >= 11 is 3.62. The van der Waals surface area contributed by atoms with Crippen LogP contribution in [0.4, 0.5) is 0 Å². The number of nitrogens with zero attached hydrogens (tertiary/aromatic N) is 2. The van der Waals surface area contributed by atoms with E-state index in [1.54, 1.807) is 0 Å². The Balaban J connectivity index is 2.08. The Morgan fingerprint density at radius 1 is 1.00 bits per heavy atom. The molecule has 0 aliphatic heterocycles. The van der Waals surface area contributed by atoms with Crippen LogP contribution in [0, 0.1) is 32.9 Å². The van der Waals surface area contributed by atoms with Gasteiger partial charge in [-0.3, -0.25) is 0 Å². The molecular formula is C18H21BrN2O2. The Kier molecular flexibility index (Phi) is 5.77. The van der Waals surface area contributed by atoms with Gasteiger partial charge in [-0.1, -0.05) is 51.1 Å². The van der Waals surface area contributed by atoms with Crippen molar-refractivity contribution >= 4 is 15.9 Å². The van der Waals surface area contributed by atoms with E-state index in [1.807, 2.05) is 30.3 Å². The number of hydroxylamine groups is 1. The highest BCUT2D eigenvalue weighted by molar-refractivity contribution is 9.10. The number of hydrogen-bond donors (Lipinski definition) is 0. The zero-order chi connectivity index (χ0) is 17.0. The molecule has 0 saturated heterocycles. The zero-order valence-electron chi connectivity index (χ0n) is 13.9. The predicted molar refractivity (Wildman–Crippen MR) is 94.1 cm³/mol. The van der Waals surface area contributed by atoms with Gasteiger partial charge in [0, 0.05) is 10.0 Å². The summed E-state index contributed by atoms with van der Waals surface area (Å²) in [7, 11) is 0. The summed E-state index contributed by atoms with van der Waals surface area (Å²) in [6.45, 7) is 8.73. The van der Waals surface area contributed by atoms with Crippen LogP contribution < -0.4 is 0 Å². The minimum atomic E-state index is 0.178. The molecule has 122 valence electrons. The average Bonchev–Trinajstić information content (AvgIpc) is 2.55. The van der Waals surface area contributed by atoms with Crippen LogP contribution in [0.1, 0.15) is 33.4 Å². The van der Waals surface area contributed by atoms with Crippen molar-refractivity contribution in [3.8, 4) is 0 Å². The normalized spacial score (nSPS) is 11.6. The lowest BCUT2D eigenvalue weighted by atomic mass is 9.95. The fourth-order valence-corrected chi connectivity index (χ4v) is 3.08. The first kappa shape index (κ1) is 17.5. The Hall–Kier alpha value is -1.88. The summed E-state index contributed by atoms with van der Waals surface area (Å²) in [6.07, 6.45) is 0. The third kappa shape index (κ3) is 4.10. The van der Waals surface area contributed by atoms with Gasteiger partial charge in [0.25, 0.3) is 0 Å². The molecule has 0 unspecified atom stereocenters. The fraction of sp³-hybridized carbons (Fsp3) is 0.333. The third-order valence-electron chi connectivity index (χ3n) is 4.21. The molecule has 0 amide bonds. The lowest BCUT2D eigenvalue weighted by molar-refractivity contribution is -0.574. The lowest BCUT2D eigenvalue weighted by Gasteiger charge is -2.16. The van der Waals surface area contributed by atoms with Crippen molar-refractivity contribution in [3.63, 3.8) is 0 Å². The molecule has 0 saturated carbocycles. The first-order chi connectivity index (χ1) is 10.9. The number of halogens is 1. The van der Waals surface area contributed by atoms with Gasteiger partial charge in [0.05, 0.1) is 0 Å². The van der Waals surface area contributed by atoms with E-state index in [0.717, 1.165) is 26.7 Å². The Labute approximate surface area is 145 Å². The topological polar surface area (TPSA) is 47.7 Å². The van der Waals surface area contributed by atoms with E-state index in [1.165, 1.54) is 11.1 Å². The number of hydrogen-bond acceptors (Lipinski definition) is 3. The van der Waals surface area contributed by atoms with Gasteiger partial charge in [0.1, 0.15) is 6.61 Å². The van der Waals surface area contributed by atoms with Crippen molar-refractivity contribution in [1.82, 2.24) is 0 Å². The monoisotopic (exact) mass is 376 g/mol. The largest absolute Gasteiger partial charge is 0.597 e. The molecule has 0 heterocycles. The molecular weight excluding hydrogens is 356 g/mol. The molecule has 0 aliphatic rings. The fourth-order valence-electron chi connectivity index (χ4n) is 2.49. The summed E-state index contributed by atoms with van der Waals surface area (Å²) in [5, 5.41) is 15.4. The quantitative estimate of drug-likeness (QED) is 0.405. The molecule has 2 aromatic rings. The first-order valence-electron chi connectivity index (χ1n) is 7.48. The van der Waals surface area contributed by atoms with E-state index in [-0.39, 0.29) is 6.54 Å². The first-order valence-corrected chi connectivity index (χ1v) is 8.27. The third-order valence-corrected chi connectivity index (χ3v) is 5.40. The van der Waals surface area contributed by atoms with Gasteiger partial charge in [-0.15, -0.1) is 0 Å². The van der Waals surface area contributed by atoms with E-state index in [2.05, 4.69) is 48.9 Å². The van der Waals surface area contributed by atoms with Gasteiger partial charge in [0.15, 0.2) is 0 Å². The molecule has 0 aliphatic carbocycles. The van der Waals surface area contributed by atoms with Crippen LogP contribution in [0.3, 0.4) is 0 Å². The highest BCUT2D eigenvalue weighted by Crippen LogP contribution is 2.31. The van der Waals surface area contributed by atoms with E-state index in [0.29, 0.717) is 11.5 Å². The van der Waals surface area contributed by atoms with E-state index in [9.17, 15) is 5.21 Å². The highest BCUT2D eigenvalue weighted by Gasteiger charge is 2.13. The van der Waals surface area contributed by atoms with Gasteiger partial charge < -0.3 is 10.0 Å². The van der Waals surface area contributed by atoms with Crippen LogP contribution in [-0.2, 0) is 18.0 Å². The molecule has 2 aromatic carbocycles. The molecule has 2 rings (SSSR count). The van der Waals surface area contributed by atoms with Crippen molar-refractivity contribution in [3.05, 3.63) is 73.4 Å². The van der Waals surface area contributed by atoms with Crippen LogP contribution in [0.25, 0.3) is 0 Å². The molecule has 5 heteroatoms. The van der Waals surface area contributed by atoms with Crippen molar-refractivity contribution < 1.29 is 9.70 Å². The molecule has 23 heavy (non-hydrogen) atoms. The maximum Gasteiger partial charge on any atom is 0.209 e. The van der Waals surface area contributed by atoms with Gasteiger partial charge in [-0.25, -0.2) is 0 Å². The second-order valence-electron chi connectivity index (χ2n) is 5.64. The molecule has 4 nitrogen and oxygen atoms in total. The van der Waals surface area contributed by atoms with E-state index >= 15 is 0 Å². The van der Waals surface area contributed by atoms with Crippen molar-refractivity contribution in [2.24, 2.45) is 5.28 Å². The Bertz CT molecular complexity index is 699. The average molecular weight is 377 g/mol. The van der Waals surface area contributed by atoms with Crippen LogP contribution in [-0.4, -0.2) is 4.86 Å². The Morgan fingerprint density at radius 3 is 2.13 bits per heavy atom. The van der Waals surface area contributed by atoms with Crippen molar-refractivity contribution in [2.45, 2.75) is 40.8 Å². The summed E-state index contributed by atoms with van der Waals surface area (Å²) in [5.41, 5.74) is 6.69. The van der Waals surface area contributed by atoms with Gasteiger partial charge in [-0.05, 0) is 55.5 Å². The Morgan fingerprint density at radius 2 is 1.57 bits per heavy atom. The summed E-state index contributed by atoms with van der Waals surface area (Å²) in [5.74, 6) is 0. The second kappa shape index (κ2) is 7.59. The van der Waals surface area contributed by atoms with Crippen LogP contribution in [0.5, 0.6) is 0 Å². The highest BCUT2D eigenvalue weighted by atomic mass is 79.9. The van der Waals surface area contributed by atoms with Crippen LogP contribution in [0.15, 0.2) is 40.1 Å². The van der Waals surface area contributed by atoms with Crippen molar-refractivity contribution in [2.75, 3.05) is 0 Å². The SMILES string of the molecule is Cc1c(C)c(CO/N=[N+](\[O-])Cc2ccccc2)c(C)c(C)c1Br. The minimum Gasteiger partial charge on any atom is -0.597 e. The van der Waals surface area contributed by atoms with E-state index < -0.39 is 0 Å². The summed E-state index contributed by atoms with van der Waals surface area (Å²) in [4.78, 5) is 5.86. The predicted octanol–water partition coefficient (Wildman–Crippen LogP) is 5.28. The second-order valence-corrected chi connectivity index (χ2v) is 6.44. The molecule has 0 atom stereocenters. The van der Waals surface area contributed by atoms with Gasteiger partial charge in [0.2, 0.25) is 11.8 Å². The van der Waals surface area contributed by atoms with Gasteiger partial charge in [-0.2, -0.15) is 0 Å². The summed E-state index contributed by atoms with van der Waals surface area (Å²) in [6, 6.07) is 9.47. The lowest BCUT2D eigenvalue weighted by Crippen LogP contribution is -2.05. The maximum atomic E-state index is 11.8. The van der Waals surface area contributed by atoms with Crippen molar-refractivity contribution in [1.29, 1.82) is 0 Å².